The minimum Gasteiger partial charge on any atom is -0.370 e. The average molecular weight is 295 g/mol. The van der Waals surface area contributed by atoms with Crippen molar-refractivity contribution < 1.29 is 9.47 Å². The van der Waals surface area contributed by atoms with Crippen molar-refractivity contribution in [2.75, 3.05) is 26.2 Å². The van der Waals surface area contributed by atoms with Crippen LogP contribution in [0.3, 0.4) is 0 Å². The summed E-state index contributed by atoms with van der Waals surface area (Å²) in [7, 11) is 0. The molecule has 2 aliphatic heterocycles. The first kappa shape index (κ1) is 15.1. The monoisotopic (exact) mass is 295 g/mol. The lowest BCUT2D eigenvalue weighted by Crippen LogP contribution is -2.43. The molecule has 3 rings (SSSR count). The molecule has 1 aliphatic carbocycles. The maximum atomic E-state index is 6.14. The molecule has 5 heteroatoms. The molecular weight excluding hydrogens is 266 g/mol. The predicted octanol–water partition coefficient (Wildman–Crippen LogP) is 2.11. The van der Waals surface area contributed by atoms with Gasteiger partial charge in [0.1, 0.15) is 6.10 Å². The van der Waals surface area contributed by atoms with Crippen LogP contribution in [0, 0.1) is 5.92 Å². The summed E-state index contributed by atoms with van der Waals surface area (Å²) in [6, 6.07) is 0. The number of ether oxygens (including phenoxy) is 2. The lowest BCUT2D eigenvalue weighted by atomic mass is 9.94. The number of guanidine groups is 1. The minimum atomic E-state index is -0.298. The topological polar surface area (TPSA) is 60.1 Å². The Bertz CT molecular complexity index is 372. The molecule has 0 bridgehead atoms. The normalized spacial score (nSPS) is 31.0. The van der Waals surface area contributed by atoms with Crippen LogP contribution in [0.5, 0.6) is 0 Å². The molecule has 0 aromatic heterocycles. The van der Waals surface area contributed by atoms with E-state index in [2.05, 4.69) is 16.8 Å². The first-order chi connectivity index (χ1) is 10.2. The largest absolute Gasteiger partial charge is 0.370 e. The van der Waals surface area contributed by atoms with Gasteiger partial charge in [0.05, 0.1) is 13.2 Å². The molecule has 3 fully saturated rings. The fourth-order valence-electron chi connectivity index (χ4n) is 3.59. The second-order valence-corrected chi connectivity index (χ2v) is 6.89. The van der Waals surface area contributed by atoms with Gasteiger partial charge in [-0.2, -0.15) is 0 Å². The lowest BCUT2D eigenvalue weighted by molar-refractivity contribution is -0.186. The van der Waals surface area contributed by atoms with Crippen molar-refractivity contribution in [2.45, 2.75) is 63.8 Å². The van der Waals surface area contributed by atoms with Gasteiger partial charge in [-0.25, -0.2) is 0 Å². The first-order valence-corrected chi connectivity index (χ1v) is 8.53. The Morgan fingerprint density at radius 3 is 2.67 bits per heavy atom. The van der Waals surface area contributed by atoms with Crippen molar-refractivity contribution in [3.8, 4) is 0 Å². The molecule has 3 aliphatic rings. The molecule has 0 radical (unpaired) electrons. The van der Waals surface area contributed by atoms with Crippen LogP contribution in [-0.2, 0) is 9.47 Å². The molecule has 2 heterocycles. The molecule has 21 heavy (non-hydrogen) atoms. The number of likely N-dealkylation sites (tertiary alicyclic amines) is 1. The zero-order chi connectivity index (χ0) is 14.7. The minimum absolute atomic E-state index is 0.0744. The smallest absolute Gasteiger partial charge is 0.191 e. The van der Waals surface area contributed by atoms with Gasteiger partial charge in [0.15, 0.2) is 11.7 Å². The van der Waals surface area contributed by atoms with E-state index in [0.29, 0.717) is 19.1 Å². The fraction of sp³-hybridized carbons (Fsp3) is 0.938. The van der Waals surface area contributed by atoms with Gasteiger partial charge >= 0.3 is 0 Å². The maximum Gasteiger partial charge on any atom is 0.191 e. The Kier molecular flexibility index (Phi) is 4.69. The van der Waals surface area contributed by atoms with Gasteiger partial charge in [-0.15, -0.1) is 0 Å². The highest BCUT2D eigenvalue weighted by atomic mass is 16.7. The van der Waals surface area contributed by atoms with E-state index in [4.69, 9.17) is 15.2 Å². The van der Waals surface area contributed by atoms with Crippen LogP contribution in [-0.4, -0.2) is 49.0 Å². The molecule has 1 saturated carbocycles. The molecule has 5 nitrogen and oxygen atoms in total. The van der Waals surface area contributed by atoms with Crippen molar-refractivity contribution in [1.29, 1.82) is 0 Å². The number of nitrogens with two attached hydrogens (primary N) is 1. The Hall–Kier alpha value is -0.810. The van der Waals surface area contributed by atoms with Crippen molar-refractivity contribution in [1.82, 2.24) is 4.90 Å². The zero-order valence-electron chi connectivity index (χ0n) is 13.2. The van der Waals surface area contributed by atoms with E-state index < -0.39 is 0 Å². The molecule has 0 aromatic carbocycles. The molecule has 1 spiro atoms. The third-order valence-electron chi connectivity index (χ3n) is 5.09. The molecule has 1 atom stereocenters. The molecule has 1 unspecified atom stereocenters. The van der Waals surface area contributed by atoms with Gasteiger partial charge < -0.3 is 20.1 Å². The highest BCUT2D eigenvalue weighted by molar-refractivity contribution is 5.78. The number of hydrogen-bond acceptors (Lipinski definition) is 3. The number of nitrogens with zero attached hydrogens (tertiary/aromatic N) is 2. The van der Waals surface area contributed by atoms with Crippen LogP contribution in [0.4, 0.5) is 0 Å². The summed E-state index contributed by atoms with van der Waals surface area (Å²) >= 11 is 0. The van der Waals surface area contributed by atoms with Gasteiger partial charge in [-0.1, -0.05) is 13.3 Å². The Labute approximate surface area is 127 Å². The van der Waals surface area contributed by atoms with Crippen molar-refractivity contribution in [3.05, 3.63) is 0 Å². The number of hydrogen-bond donors (Lipinski definition) is 1. The summed E-state index contributed by atoms with van der Waals surface area (Å²) < 4.78 is 12.1. The molecule has 0 amide bonds. The van der Waals surface area contributed by atoms with Gasteiger partial charge in [0, 0.05) is 25.9 Å². The molecular formula is C16H29N3O2. The van der Waals surface area contributed by atoms with Gasteiger partial charge in [0.25, 0.3) is 0 Å². The second-order valence-electron chi connectivity index (χ2n) is 6.89. The number of rotatable bonds is 2. The summed E-state index contributed by atoms with van der Waals surface area (Å²) in [5.41, 5.74) is 6.12. The van der Waals surface area contributed by atoms with E-state index in [1.165, 1.54) is 32.1 Å². The first-order valence-electron chi connectivity index (χ1n) is 8.53. The molecule has 2 saturated heterocycles. The van der Waals surface area contributed by atoms with Crippen LogP contribution >= 0.6 is 0 Å². The Morgan fingerprint density at radius 2 is 1.95 bits per heavy atom. The second kappa shape index (κ2) is 6.53. The highest BCUT2D eigenvalue weighted by Crippen LogP contribution is 2.37. The van der Waals surface area contributed by atoms with Crippen LogP contribution in [0.2, 0.25) is 0 Å². The summed E-state index contributed by atoms with van der Waals surface area (Å²) in [6.45, 7) is 5.65. The molecule has 2 N–H and O–H groups in total. The van der Waals surface area contributed by atoms with Crippen LogP contribution in [0.25, 0.3) is 0 Å². The Balaban J connectivity index is 1.47. The third kappa shape index (κ3) is 3.69. The number of aliphatic imine (C=N–C) groups is 1. The summed E-state index contributed by atoms with van der Waals surface area (Å²) in [5, 5.41) is 0. The van der Waals surface area contributed by atoms with E-state index in [0.717, 1.165) is 31.8 Å². The summed E-state index contributed by atoms with van der Waals surface area (Å²) in [5.74, 6) is 1.19. The standard InChI is InChI=1S/C16H29N3O2/c1-13-5-9-19(10-6-13)15(17)18-11-14-12-20-16(21-14)7-3-2-4-8-16/h13-14H,2-12H2,1H3,(H2,17,18). The van der Waals surface area contributed by atoms with Crippen molar-refractivity contribution >= 4 is 5.96 Å². The van der Waals surface area contributed by atoms with Crippen molar-refractivity contribution in [3.63, 3.8) is 0 Å². The van der Waals surface area contributed by atoms with Gasteiger partial charge in [-0.3, -0.25) is 4.99 Å². The zero-order valence-corrected chi connectivity index (χ0v) is 13.2. The average Bonchev–Trinajstić information content (AvgIpc) is 2.89. The number of piperidine rings is 1. The van der Waals surface area contributed by atoms with Crippen LogP contribution in [0.15, 0.2) is 4.99 Å². The van der Waals surface area contributed by atoms with Gasteiger partial charge in [-0.05, 0) is 31.6 Å². The van der Waals surface area contributed by atoms with Crippen LogP contribution in [0.1, 0.15) is 51.9 Å². The van der Waals surface area contributed by atoms with E-state index in [-0.39, 0.29) is 11.9 Å². The van der Waals surface area contributed by atoms with Crippen LogP contribution < -0.4 is 5.73 Å². The van der Waals surface area contributed by atoms with Crippen molar-refractivity contribution in [2.24, 2.45) is 16.6 Å². The fourth-order valence-corrected chi connectivity index (χ4v) is 3.59. The SMILES string of the molecule is CC1CCN(C(N)=NCC2COC3(CCCCC3)O2)CC1. The maximum absolute atomic E-state index is 6.14. The predicted molar refractivity (Wildman–Crippen MR) is 83.1 cm³/mol. The third-order valence-corrected chi connectivity index (χ3v) is 5.09. The van der Waals surface area contributed by atoms with E-state index in [9.17, 15) is 0 Å². The van der Waals surface area contributed by atoms with E-state index in [1.54, 1.807) is 0 Å². The Morgan fingerprint density at radius 1 is 1.24 bits per heavy atom. The van der Waals surface area contributed by atoms with E-state index >= 15 is 0 Å². The highest BCUT2D eigenvalue weighted by Gasteiger charge is 2.42. The van der Waals surface area contributed by atoms with E-state index in [1.807, 2.05) is 0 Å². The van der Waals surface area contributed by atoms with Gasteiger partial charge in [0.2, 0.25) is 0 Å². The quantitative estimate of drug-likeness (QED) is 0.626. The molecule has 0 aromatic rings. The lowest BCUT2D eigenvalue weighted by Gasteiger charge is -2.32. The molecule has 120 valence electrons. The summed E-state index contributed by atoms with van der Waals surface area (Å²) in [4.78, 5) is 6.75. The summed E-state index contributed by atoms with van der Waals surface area (Å²) in [6.07, 6.45) is 8.29.